The SMILES string of the molecule is COc1ccccc1OCCC(=O)N1CCC2(CCNC2)CC1.Cl. The van der Waals surface area contributed by atoms with Gasteiger partial charge in [-0.2, -0.15) is 0 Å². The fourth-order valence-corrected chi connectivity index (χ4v) is 3.60. The Kier molecular flexibility index (Phi) is 6.75. The molecule has 1 N–H and O–H groups in total. The molecule has 134 valence electrons. The molecule has 0 bridgehead atoms. The molecule has 0 atom stereocenters. The Morgan fingerprint density at radius 1 is 1.21 bits per heavy atom. The van der Waals surface area contributed by atoms with Crippen LogP contribution in [0.4, 0.5) is 0 Å². The molecule has 0 aliphatic carbocycles. The standard InChI is InChI=1S/C18H26N2O3.ClH/c1-22-15-4-2-3-5-16(15)23-13-6-17(21)20-11-8-18(9-12-20)7-10-19-14-18;/h2-5,19H,6-14H2,1H3;1H. The average Bonchev–Trinajstić information content (AvgIpc) is 3.04. The van der Waals surface area contributed by atoms with E-state index in [9.17, 15) is 4.79 Å². The predicted octanol–water partition coefficient (Wildman–Crippen LogP) is 2.49. The maximum absolute atomic E-state index is 12.3. The molecule has 3 rings (SSSR count). The van der Waals surface area contributed by atoms with Crippen LogP contribution in [0.25, 0.3) is 0 Å². The number of carbonyl (C=O) groups excluding carboxylic acids is 1. The fourth-order valence-electron chi connectivity index (χ4n) is 3.60. The quantitative estimate of drug-likeness (QED) is 0.882. The number of para-hydroxylation sites is 2. The summed E-state index contributed by atoms with van der Waals surface area (Å²) in [5.74, 6) is 1.59. The largest absolute Gasteiger partial charge is 0.493 e. The van der Waals surface area contributed by atoms with Gasteiger partial charge in [0.15, 0.2) is 11.5 Å². The number of likely N-dealkylation sites (tertiary alicyclic amines) is 1. The van der Waals surface area contributed by atoms with Gasteiger partial charge >= 0.3 is 0 Å². The van der Waals surface area contributed by atoms with Gasteiger partial charge in [0.25, 0.3) is 0 Å². The van der Waals surface area contributed by atoms with Gasteiger partial charge in [-0.25, -0.2) is 0 Å². The Balaban J connectivity index is 0.00000208. The van der Waals surface area contributed by atoms with Gasteiger partial charge in [-0.1, -0.05) is 12.1 Å². The van der Waals surface area contributed by atoms with Gasteiger partial charge in [0.05, 0.1) is 20.1 Å². The van der Waals surface area contributed by atoms with Crippen molar-refractivity contribution in [3.05, 3.63) is 24.3 Å². The minimum atomic E-state index is 0. The lowest BCUT2D eigenvalue weighted by Gasteiger charge is -2.38. The average molecular weight is 355 g/mol. The molecule has 0 aromatic heterocycles. The normalized spacial score (nSPS) is 19.0. The maximum atomic E-state index is 12.3. The number of halogens is 1. The predicted molar refractivity (Wildman–Crippen MR) is 96.1 cm³/mol. The highest BCUT2D eigenvalue weighted by Crippen LogP contribution is 2.37. The minimum Gasteiger partial charge on any atom is -0.493 e. The second kappa shape index (κ2) is 8.58. The number of rotatable bonds is 5. The van der Waals surface area contributed by atoms with E-state index in [2.05, 4.69) is 5.32 Å². The number of carbonyl (C=O) groups is 1. The molecule has 24 heavy (non-hydrogen) atoms. The molecule has 0 saturated carbocycles. The summed E-state index contributed by atoms with van der Waals surface area (Å²) in [6, 6.07) is 7.52. The summed E-state index contributed by atoms with van der Waals surface area (Å²) in [5, 5.41) is 3.45. The van der Waals surface area contributed by atoms with Crippen molar-refractivity contribution in [3.8, 4) is 11.5 Å². The number of benzene rings is 1. The van der Waals surface area contributed by atoms with Crippen molar-refractivity contribution in [2.75, 3.05) is 39.9 Å². The molecule has 0 unspecified atom stereocenters. The van der Waals surface area contributed by atoms with Gasteiger partial charge in [0.1, 0.15) is 0 Å². The number of ether oxygens (including phenoxy) is 2. The van der Waals surface area contributed by atoms with Crippen LogP contribution in [-0.2, 0) is 4.79 Å². The van der Waals surface area contributed by atoms with Crippen molar-refractivity contribution < 1.29 is 14.3 Å². The lowest BCUT2D eigenvalue weighted by molar-refractivity contribution is -0.133. The van der Waals surface area contributed by atoms with E-state index in [0.29, 0.717) is 29.9 Å². The molecule has 0 radical (unpaired) electrons. The topological polar surface area (TPSA) is 50.8 Å². The Labute approximate surface area is 150 Å². The molecule has 5 nitrogen and oxygen atoms in total. The van der Waals surface area contributed by atoms with E-state index in [-0.39, 0.29) is 18.3 Å². The smallest absolute Gasteiger partial charge is 0.225 e. The van der Waals surface area contributed by atoms with Crippen molar-refractivity contribution in [3.63, 3.8) is 0 Å². The second-order valence-corrected chi connectivity index (χ2v) is 6.56. The van der Waals surface area contributed by atoms with Crippen LogP contribution in [0.3, 0.4) is 0 Å². The summed E-state index contributed by atoms with van der Waals surface area (Å²) >= 11 is 0. The Hall–Kier alpha value is -1.46. The Bertz CT molecular complexity index is 537. The van der Waals surface area contributed by atoms with E-state index in [1.54, 1.807) is 7.11 Å². The van der Waals surface area contributed by atoms with Gasteiger partial charge in [0, 0.05) is 19.6 Å². The van der Waals surface area contributed by atoms with Crippen LogP contribution in [0.2, 0.25) is 0 Å². The lowest BCUT2D eigenvalue weighted by atomic mass is 9.78. The first kappa shape index (κ1) is 18.9. The number of hydrogen-bond donors (Lipinski definition) is 1. The molecule has 2 heterocycles. The third kappa shape index (κ3) is 4.33. The minimum absolute atomic E-state index is 0. The highest BCUT2D eigenvalue weighted by atomic mass is 35.5. The van der Waals surface area contributed by atoms with Crippen LogP contribution in [0, 0.1) is 5.41 Å². The van der Waals surface area contributed by atoms with E-state index in [0.717, 1.165) is 39.0 Å². The van der Waals surface area contributed by atoms with Crippen LogP contribution in [0.1, 0.15) is 25.7 Å². The molecule has 2 aliphatic rings. The third-order valence-electron chi connectivity index (χ3n) is 5.15. The molecule has 2 saturated heterocycles. The second-order valence-electron chi connectivity index (χ2n) is 6.56. The number of nitrogens with zero attached hydrogens (tertiary/aromatic N) is 1. The highest BCUT2D eigenvalue weighted by Gasteiger charge is 2.37. The molecule has 2 aliphatic heterocycles. The Morgan fingerprint density at radius 3 is 2.54 bits per heavy atom. The van der Waals surface area contributed by atoms with Crippen LogP contribution in [-0.4, -0.2) is 50.7 Å². The van der Waals surface area contributed by atoms with Crippen molar-refractivity contribution >= 4 is 18.3 Å². The van der Waals surface area contributed by atoms with E-state index < -0.39 is 0 Å². The molecule has 6 heteroatoms. The maximum Gasteiger partial charge on any atom is 0.225 e. The molecule has 1 amide bonds. The van der Waals surface area contributed by atoms with Crippen LogP contribution in [0.15, 0.2) is 24.3 Å². The summed E-state index contributed by atoms with van der Waals surface area (Å²) < 4.78 is 10.9. The summed E-state index contributed by atoms with van der Waals surface area (Å²) in [6.07, 6.45) is 3.92. The number of amides is 1. The first-order valence-corrected chi connectivity index (χ1v) is 8.47. The van der Waals surface area contributed by atoms with Crippen LogP contribution < -0.4 is 14.8 Å². The van der Waals surface area contributed by atoms with Gasteiger partial charge < -0.3 is 19.7 Å². The van der Waals surface area contributed by atoms with Crippen molar-refractivity contribution in [2.45, 2.75) is 25.7 Å². The molecular formula is C18H27ClN2O3. The summed E-state index contributed by atoms with van der Waals surface area (Å²) in [4.78, 5) is 14.3. The van der Waals surface area contributed by atoms with E-state index in [4.69, 9.17) is 9.47 Å². The molecule has 1 aromatic rings. The molecule has 2 fully saturated rings. The number of methoxy groups -OCH3 is 1. The van der Waals surface area contributed by atoms with Gasteiger partial charge in [-0.3, -0.25) is 4.79 Å². The monoisotopic (exact) mass is 354 g/mol. The summed E-state index contributed by atoms with van der Waals surface area (Å²) in [6.45, 7) is 4.40. The summed E-state index contributed by atoms with van der Waals surface area (Å²) in [7, 11) is 1.62. The third-order valence-corrected chi connectivity index (χ3v) is 5.15. The highest BCUT2D eigenvalue weighted by molar-refractivity contribution is 5.85. The fraction of sp³-hybridized carbons (Fsp3) is 0.611. The lowest BCUT2D eigenvalue weighted by Crippen LogP contribution is -2.44. The Morgan fingerprint density at radius 2 is 1.92 bits per heavy atom. The molecular weight excluding hydrogens is 328 g/mol. The van der Waals surface area contributed by atoms with Gasteiger partial charge in [0.2, 0.25) is 5.91 Å². The van der Waals surface area contributed by atoms with Crippen molar-refractivity contribution in [1.82, 2.24) is 10.2 Å². The zero-order chi connectivity index (χ0) is 16.1. The van der Waals surface area contributed by atoms with Gasteiger partial charge in [-0.05, 0) is 43.4 Å². The van der Waals surface area contributed by atoms with Crippen LogP contribution in [0.5, 0.6) is 11.5 Å². The number of piperidine rings is 1. The molecule has 1 spiro atoms. The first-order chi connectivity index (χ1) is 11.2. The van der Waals surface area contributed by atoms with E-state index in [1.165, 1.54) is 6.42 Å². The molecule has 1 aromatic carbocycles. The van der Waals surface area contributed by atoms with Gasteiger partial charge in [-0.15, -0.1) is 12.4 Å². The first-order valence-electron chi connectivity index (χ1n) is 8.47. The number of nitrogens with one attached hydrogen (secondary N) is 1. The summed E-state index contributed by atoms with van der Waals surface area (Å²) in [5.41, 5.74) is 0.449. The number of hydrogen-bond acceptors (Lipinski definition) is 4. The van der Waals surface area contributed by atoms with E-state index in [1.807, 2.05) is 29.2 Å². The van der Waals surface area contributed by atoms with Crippen LogP contribution >= 0.6 is 12.4 Å². The van der Waals surface area contributed by atoms with Crippen molar-refractivity contribution in [2.24, 2.45) is 5.41 Å². The zero-order valence-corrected chi connectivity index (χ0v) is 15.1. The van der Waals surface area contributed by atoms with Crippen molar-refractivity contribution in [1.29, 1.82) is 0 Å². The zero-order valence-electron chi connectivity index (χ0n) is 14.3. The van der Waals surface area contributed by atoms with E-state index >= 15 is 0 Å².